The van der Waals surface area contributed by atoms with E-state index >= 15 is 0 Å². The van der Waals surface area contributed by atoms with Crippen LogP contribution in [0.5, 0.6) is 0 Å². The van der Waals surface area contributed by atoms with E-state index < -0.39 is 0 Å². The lowest BCUT2D eigenvalue weighted by molar-refractivity contribution is 0.187. The Kier molecular flexibility index (Phi) is 4.35. The Balaban J connectivity index is 1.33. The van der Waals surface area contributed by atoms with Crippen molar-refractivity contribution in [3.63, 3.8) is 0 Å². The zero-order valence-corrected chi connectivity index (χ0v) is 18.8. The summed E-state index contributed by atoms with van der Waals surface area (Å²) in [5, 5.41) is 7.35. The van der Waals surface area contributed by atoms with E-state index in [1.807, 2.05) is 47.4 Å². The van der Waals surface area contributed by atoms with E-state index in [2.05, 4.69) is 21.0 Å². The van der Waals surface area contributed by atoms with Crippen LogP contribution in [0, 0.1) is 12.3 Å². The summed E-state index contributed by atoms with van der Waals surface area (Å²) < 4.78 is 1.99. The molecule has 2 aliphatic rings. The standard InChI is InChI=1S/C23H23ClN6S/c1-14-19(20-16(24)5-12-31-20)30-18(4-9-27-30)22(28-14)29-10-6-23(7-11-29)13-17-15(21(23)25)3-2-8-26-17/h2-5,8-9,12,21H,6-7,10-11,13,25H2,1H3/t21-/m1/s1. The van der Waals surface area contributed by atoms with Crippen molar-refractivity contribution in [2.45, 2.75) is 32.2 Å². The molecule has 5 heterocycles. The number of anilines is 1. The SMILES string of the molecule is Cc1nc(N2CCC3(CC2)Cc2ncccc2[C@H]3N)c2ccnn2c1-c1sccc1Cl. The first-order valence-electron chi connectivity index (χ1n) is 10.6. The molecule has 4 aromatic heterocycles. The maximum absolute atomic E-state index is 6.73. The largest absolute Gasteiger partial charge is 0.355 e. The molecular formula is C23H23ClN6S. The monoisotopic (exact) mass is 450 g/mol. The summed E-state index contributed by atoms with van der Waals surface area (Å²) in [7, 11) is 0. The second kappa shape index (κ2) is 7.02. The third-order valence-electron chi connectivity index (χ3n) is 7.03. The normalized spacial score (nSPS) is 20.0. The minimum absolute atomic E-state index is 0.0615. The average Bonchev–Trinajstić information content (AvgIpc) is 3.48. The minimum Gasteiger partial charge on any atom is -0.355 e. The summed E-state index contributed by atoms with van der Waals surface area (Å²) in [5.41, 5.74) is 12.1. The van der Waals surface area contributed by atoms with Crippen LogP contribution < -0.4 is 10.6 Å². The first-order chi connectivity index (χ1) is 15.1. The number of rotatable bonds is 2. The molecule has 0 radical (unpaired) electrons. The van der Waals surface area contributed by atoms with E-state index in [1.165, 1.54) is 11.3 Å². The maximum atomic E-state index is 6.73. The molecule has 0 amide bonds. The Morgan fingerprint density at radius 3 is 2.77 bits per heavy atom. The van der Waals surface area contributed by atoms with Gasteiger partial charge in [0.1, 0.15) is 11.2 Å². The summed E-state index contributed by atoms with van der Waals surface area (Å²) in [4.78, 5) is 13.0. The summed E-state index contributed by atoms with van der Waals surface area (Å²) in [6, 6.07) is 8.16. The van der Waals surface area contributed by atoms with Crippen LogP contribution in [0.25, 0.3) is 16.1 Å². The lowest BCUT2D eigenvalue weighted by atomic mass is 9.73. The number of piperidine rings is 1. The van der Waals surface area contributed by atoms with Crippen LogP contribution in [0.4, 0.5) is 5.82 Å². The Hall–Kier alpha value is -2.48. The Morgan fingerprint density at radius 1 is 1.19 bits per heavy atom. The summed E-state index contributed by atoms with van der Waals surface area (Å²) in [6.45, 7) is 3.89. The van der Waals surface area contributed by atoms with Gasteiger partial charge in [-0.1, -0.05) is 17.7 Å². The Bertz CT molecular complexity index is 1290. The predicted molar refractivity (Wildman–Crippen MR) is 125 cm³/mol. The van der Waals surface area contributed by atoms with Crippen molar-refractivity contribution in [2.75, 3.05) is 18.0 Å². The highest BCUT2D eigenvalue weighted by Crippen LogP contribution is 2.50. The van der Waals surface area contributed by atoms with Crippen LogP contribution in [0.1, 0.15) is 35.8 Å². The molecule has 1 aliphatic carbocycles. The van der Waals surface area contributed by atoms with E-state index in [0.29, 0.717) is 0 Å². The molecule has 1 atom stereocenters. The van der Waals surface area contributed by atoms with Gasteiger partial charge in [0, 0.05) is 31.0 Å². The van der Waals surface area contributed by atoms with Gasteiger partial charge in [-0.15, -0.1) is 11.3 Å². The molecule has 2 N–H and O–H groups in total. The lowest BCUT2D eigenvalue weighted by Crippen LogP contribution is -2.44. The molecule has 6 nitrogen and oxygen atoms in total. The lowest BCUT2D eigenvalue weighted by Gasteiger charge is -2.42. The molecule has 158 valence electrons. The van der Waals surface area contributed by atoms with Crippen molar-refractivity contribution in [1.82, 2.24) is 19.6 Å². The van der Waals surface area contributed by atoms with Crippen LogP contribution in [0.3, 0.4) is 0 Å². The summed E-state index contributed by atoms with van der Waals surface area (Å²) in [5.74, 6) is 0.989. The number of nitrogens with two attached hydrogens (primary N) is 1. The highest BCUT2D eigenvalue weighted by molar-refractivity contribution is 7.14. The number of nitrogens with zero attached hydrogens (tertiary/aromatic N) is 5. The van der Waals surface area contributed by atoms with Crippen LogP contribution in [-0.2, 0) is 6.42 Å². The highest BCUT2D eigenvalue weighted by atomic mass is 35.5. The number of pyridine rings is 1. The fraction of sp³-hybridized carbons (Fsp3) is 0.348. The molecule has 8 heteroatoms. The van der Waals surface area contributed by atoms with E-state index in [4.69, 9.17) is 22.3 Å². The number of aryl methyl sites for hydroxylation is 1. The molecule has 1 saturated heterocycles. The van der Waals surface area contributed by atoms with Crippen molar-refractivity contribution in [2.24, 2.45) is 11.1 Å². The Labute approximate surface area is 189 Å². The van der Waals surface area contributed by atoms with Crippen LogP contribution in [0.15, 0.2) is 42.0 Å². The molecule has 0 unspecified atom stereocenters. The van der Waals surface area contributed by atoms with Crippen LogP contribution in [0.2, 0.25) is 5.02 Å². The van der Waals surface area contributed by atoms with Gasteiger partial charge < -0.3 is 10.6 Å². The molecule has 1 fully saturated rings. The van der Waals surface area contributed by atoms with Gasteiger partial charge in [0.15, 0.2) is 5.82 Å². The van der Waals surface area contributed by atoms with E-state index in [9.17, 15) is 0 Å². The van der Waals surface area contributed by atoms with Crippen molar-refractivity contribution in [3.8, 4) is 10.6 Å². The topological polar surface area (TPSA) is 72.3 Å². The van der Waals surface area contributed by atoms with Gasteiger partial charge >= 0.3 is 0 Å². The molecule has 1 spiro atoms. The third-order valence-corrected chi connectivity index (χ3v) is 8.38. The minimum atomic E-state index is 0.0615. The predicted octanol–water partition coefficient (Wildman–Crippen LogP) is 4.66. The van der Waals surface area contributed by atoms with Crippen LogP contribution in [-0.4, -0.2) is 32.7 Å². The number of fused-ring (bicyclic) bond motifs is 2. The average molecular weight is 451 g/mol. The van der Waals surface area contributed by atoms with Gasteiger partial charge in [-0.3, -0.25) is 4.98 Å². The van der Waals surface area contributed by atoms with Gasteiger partial charge in [0.2, 0.25) is 0 Å². The van der Waals surface area contributed by atoms with E-state index in [1.54, 1.807) is 11.3 Å². The van der Waals surface area contributed by atoms with Gasteiger partial charge in [0.05, 0.1) is 21.8 Å². The fourth-order valence-corrected chi connectivity index (χ4v) is 6.56. The molecule has 0 bridgehead atoms. The third kappa shape index (κ3) is 2.83. The van der Waals surface area contributed by atoms with E-state index in [0.717, 1.165) is 65.0 Å². The first kappa shape index (κ1) is 19.2. The molecule has 1 aliphatic heterocycles. The first-order valence-corrected chi connectivity index (χ1v) is 11.9. The molecule has 0 saturated carbocycles. The molecule has 6 rings (SSSR count). The number of thiophene rings is 1. The maximum Gasteiger partial charge on any atom is 0.155 e. The number of halogens is 1. The zero-order valence-electron chi connectivity index (χ0n) is 17.3. The van der Waals surface area contributed by atoms with Gasteiger partial charge in [0.25, 0.3) is 0 Å². The Morgan fingerprint density at radius 2 is 2.03 bits per heavy atom. The molecular weight excluding hydrogens is 428 g/mol. The highest BCUT2D eigenvalue weighted by Gasteiger charge is 2.46. The zero-order chi connectivity index (χ0) is 21.2. The van der Waals surface area contributed by atoms with Gasteiger partial charge in [-0.2, -0.15) is 5.10 Å². The summed E-state index contributed by atoms with van der Waals surface area (Å²) >= 11 is 8.05. The number of hydrogen-bond acceptors (Lipinski definition) is 6. The summed E-state index contributed by atoms with van der Waals surface area (Å²) in [6.07, 6.45) is 6.76. The van der Waals surface area contributed by atoms with Gasteiger partial charge in [-0.05, 0) is 60.7 Å². The van der Waals surface area contributed by atoms with Crippen LogP contribution >= 0.6 is 22.9 Å². The number of hydrogen-bond donors (Lipinski definition) is 1. The molecule has 4 aromatic rings. The number of aromatic nitrogens is 4. The second-order valence-corrected chi connectivity index (χ2v) is 9.96. The van der Waals surface area contributed by atoms with E-state index in [-0.39, 0.29) is 11.5 Å². The second-order valence-electron chi connectivity index (χ2n) is 8.64. The molecule has 31 heavy (non-hydrogen) atoms. The molecule has 0 aromatic carbocycles. The van der Waals surface area contributed by atoms with Crippen molar-refractivity contribution in [3.05, 3.63) is 64.0 Å². The van der Waals surface area contributed by atoms with Crippen molar-refractivity contribution in [1.29, 1.82) is 0 Å². The quantitative estimate of drug-likeness (QED) is 0.481. The van der Waals surface area contributed by atoms with Crippen molar-refractivity contribution < 1.29 is 0 Å². The van der Waals surface area contributed by atoms with Crippen molar-refractivity contribution >= 4 is 34.3 Å². The smallest absolute Gasteiger partial charge is 0.155 e. The van der Waals surface area contributed by atoms with Gasteiger partial charge in [-0.25, -0.2) is 9.50 Å². The fourth-order valence-electron chi connectivity index (χ4n) is 5.34.